The number of hydrogen-bond acceptors (Lipinski definition) is 4. The van der Waals surface area contributed by atoms with Crippen molar-refractivity contribution in [2.24, 2.45) is 0 Å². The fourth-order valence-corrected chi connectivity index (χ4v) is 2.16. The van der Waals surface area contributed by atoms with Crippen molar-refractivity contribution in [1.82, 2.24) is 9.97 Å². The molecule has 1 aromatic heterocycles. The predicted molar refractivity (Wildman–Crippen MR) is 85.5 cm³/mol. The molecule has 20 heavy (non-hydrogen) atoms. The summed E-state index contributed by atoms with van der Waals surface area (Å²) >= 11 is 2.18. The molecule has 0 saturated heterocycles. The van der Waals surface area contributed by atoms with Gasteiger partial charge in [0.2, 0.25) is 0 Å². The topological polar surface area (TPSA) is 75.1 Å². The molecule has 0 radical (unpaired) electrons. The molecule has 104 valence electrons. The number of carboxylic acid groups (broad SMARTS) is 1. The van der Waals surface area contributed by atoms with E-state index in [1.165, 1.54) is 6.20 Å². The number of rotatable bonds is 4. The van der Waals surface area contributed by atoms with E-state index in [2.05, 4.69) is 37.9 Å². The van der Waals surface area contributed by atoms with Crippen LogP contribution < -0.4 is 5.32 Å². The Bertz CT molecular complexity index is 644. The molecular formula is C14H14IN3O2. The second-order valence-corrected chi connectivity index (χ2v) is 5.72. The van der Waals surface area contributed by atoms with Gasteiger partial charge in [-0.25, -0.2) is 14.8 Å². The van der Waals surface area contributed by atoms with Gasteiger partial charge >= 0.3 is 5.97 Å². The summed E-state index contributed by atoms with van der Waals surface area (Å²) < 4.78 is 0.995. The molecule has 0 aliphatic carbocycles. The monoisotopic (exact) mass is 383 g/mol. The Kier molecular flexibility index (Phi) is 4.53. The summed E-state index contributed by atoms with van der Waals surface area (Å²) in [5.74, 6) is -0.461. The molecule has 0 fully saturated rings. The third-order valence-corrected chi connectivity index (χ3v) is 3.61. The first-order valence-electron chi connectivity index (χ1n) is 6.11. The molecule has 2 N–H and O–H groups in total. The number of carbonyl (C=O) groups is 1. The van der Waals surface area contributed by atoms with Crippen LogP contribution in [0.15, 0.2) is 30.5 Å². The summed E-state index contributed by atoms with van der Waals surface area (Å²) in [5, 5.41) is 12.4. The smallest absolute Gasteiger partial charge is 0.356 e. The van der Waals surface area contributed by atoms with Gasteiger partial charge in [-0.3, -0.25) is 0 Å². The zero-order valence-corrected chi connectivity index (χ0v) is 13.2. The van der Waals surface area contributed by atoms with E-state index in [4.69, 9.17) is 0 Å². The first-order chi connectivity index (χ1) is 9.49. The number of aromatic nitrogens is 2. The van der Waals surface area contributed by atoms with Crippen LogP contribution in [0, 0.1) is 3.57 Å². The lowest BCUT2D eigenvalue weighted by Gasteiger charge is -2.12. The van der Waals surface area contributed by atoms with Gasteiger partial charge in [0.1, 0.15) is 5.82 Å². The van der Waals surface area contributed by atoms with Crippen LogP contribution in [0.1, 0.15) is 36.1 Å². The minimum absolute atomic E-state index is 0.0108. The zero-order valence-electron chi connectivity index (χ0n) is 11.1. The second kappa shape index (κ2) is 6.17. The summed E-state index contributed by atoms with van der Waals surface area (Å²) in [4.78, 5) is 19.7. The number of para-hydroxylation sites is 1. The minimum atomic E-state index is -1.07. The molecular weight excluding hydrogens is 369 g/mol. The van der Waals surface area contributed by atoms with E-state index >= 15 is 0 Å². The van der Waals surface area contributed by atoms with Gasteiger partial charge in [0.25, 0.3) is 0 Å². The summed E-state index contributed by atoms with van der Waals surface area (Å²) in [6.45, 7) is 3.85. The molecule has 5 nitrogen and oxygen atoms in total. The van der Waals surface area contributed by atoms with E-state index in [9.17, 15) is 9.90 Å². The van der Waals surface area contributed by atoms with E-state index in [1.54, 1.807) is 0 Å². The van der Waals surface area contributed by atoms with Gasteiger partial charge in [-0.05, 0) is 34.7 Å². The molecule has 0 atom stereocenters. The molecule has 0 bridgehead atoms. The quantitative estimate of drug-likeness (QED) is 0.789. The average molecular weight is 383 g/mol. The highest BCUT2D eigenvalue weighted by Gasteiger charge is 2.16. The highest BCUT2D eigenvalue weighted by Crippen LogP contribution is 2.24. The second-order valence-electron chi connectivity index (χ2n) is 4.56. The van der Waals surface area contributed by atoms with Gasteiger partial charge in [0.05, 0.1) is 17.6 Å². The third kappa shape index (κ3) is 3.24. The highest BCUT2D eigenvalue weighted by atomic mass is 127. The number of nitrogens with one attached hydrogen (secondary N) is 1. The molecule has 2 aromatic rings. The van der Waals surface area contributed by atoms with Gasteiger partial charge in [-0.2, -0.15) is 0 Å². The van der Waals surface area contributed by atoms with Crippen molar-refractivity contribution in [2.75, 3.05) is 5.32 Å². The van der Waals surface area contributed by atoms with Crippen LogP contribution in [0.25, 0.3) is 0 Å². The van der Waals surface area contributed by atoms with Crippen LogP contribution >= 0.6 is 22.6 Å². The molecule has 6 heteroatoms. The normalized spacial score (nSPS) is 10.6. The summed E-state index contributed by atoms with van der Waals surface area (Å²) in [7, 11) is 0. The van der Waals surface area contributed by atoms with Gasteiger partial charge in [0.15, 0.2) is 5.69 Å². The van der Waals surface area contributed by atoms with Crippen molar-refractivity contribution >= 4 is 39.9 Å². The predicted octanol–water partition coefficient (Wildman–Crippen LogP) is 3.65. The van der Waals surface area contributed by atoms with Gasteiger partial charge < -0.3 is 10.4 Å². The largest absolute Gasteiger partial charge is 0.476 e. The minimum Gasteiger partial charge on any atom is -0.476 e. The zero-order chi connectivity index (χ0) is 14.7. The van der Waals surface area contributed by atoms with Crippen LogP contribution in [-0.4, -0.2) is 21.0 Å². The van der Waals surface area contributed by atoms with Crippen LogP contribution in [0.3, 0.4) is 0 Å². The molecule has 0 unspecified atom stereocenters. The summed E-state index contributed by atoms with van der Waals surface area (Å²) in [6.07, 6.45) is 1.52. The van der Waals surface area contributed by atoms with Crippen LogP contribution in [0.2, 0.25) is 0 Å². The molecule has 1 heterocycles. The first kappa shape index (κ1) is 14.7. The number of benzene rings is 1. The summed E-state index contributed by atoms with van der Waals surface area (Å²) in [6, 6.07) is 7.62. The fourth-order valence-electron chi connectivity index (χ4n) is 1.64. The Hall–Kier alpha value is -1.70. The van der Waals surface area contributed by atoms with Crippen LogP contribution in [0.4, 0.5) is 11.4 Å². The number of halogens is 1. The SMILES string of the molecule is CC(C)c1ncc(Nc2ccccc2I)c(C(=O)O)n1. The Labute approximate surface area is 130 Å². The highest BCUT2D eigenvalue weighted by molar-refractivity contribution is 14.1. The molecule has 0 saturated carbocycles. The molecule has 0 aliphatic rings. The number of hydrogen-bond donors (Lipinski definition) is 2. The molecule has 0 spiro atoms. The van der Waals surface area contributed by atoms with Gasteiger partial charge in [-0.1, -0.05) is 26.0 Å². The lowest BCUT2D eigenvalue weighted by atomic mass is 10.2. The van der Waals surface area contributed by atoms with Crippen LogP contribution in [0.5, 0.6) is 0 Å². The van der Waals surface area contributed by atoms with E-state index in [1.807, 2.05) is 38.1 Å². The van der Waals surface area contributed by atoms with E-state index in [0.29, 0.717) is 11.5 Å². The third-order valence-electron chi connectivity index (χ3n) is 2.67. The van der Waals surface area contributed by atoms with Gasteiger partial charge in [-0.15, -0.1) is 0 Å². The lowest BCUT2D eigenvalue weighted by molar-refractivity contribution is 0.0691. The van der Waals surface area contributed by atoms with Crippen molar-refractivity contribution in [3.63, 3.8) is 0 Å². The van der Waals surface area contributed by atoms with Crippen molar-refractivity contribution in [2.45, 2.75) is 19.8 Å². The van der Waals surface area contributed by atoms with E-state index in [0.717, 1.165) is 9.26 Å². The Balaban J connectivity index is 2.41. The fraction of sp³-hybridized carbons (Fsp3) is 0.214. The molecule has 2 rings (SSSR count). The average Bonchev–Trinajstić information content (AvgIpc) is 2.41. The standard InChI is InChI=1S/C14H14IN3O2/c1-8(2)13-16-7-11(12(18-13)14(19)20)17-10-6-4-3-5-9(10)15/h3-8,17H,1-2H3,(H,19,20). The van der Waals surface area contributed by atoms with Crippen molar-refractivity contribution in [1.29, 1.82) is 0 Å². The number of carboxylic acids is 1. The maximum Gasteiger partial charge on any atom is 0.356 e. The maximum atomic E-state index is 11.3. The Morgan fingerprint density at radius 3 is 2.60 bits per heavy atom. The molecule has 1 aromatic carbocycles. The van der Waals surface area contributed by atoms with Crippen molar-refractivity contribution in [3.05, 3.63) is 45.6 Å². The van der Waals surface area contributed by atoms with E-state index < -0.39 is 5.97 Å². The number of nitrogens with zero attached hydrogens (tertiary/aromatic N) is 2. The molecule has 0 aliphatic heterocycles. The Morgan fingerprint density at radius 2 is 2.00 bits per heavy atom. The lowest BCUT2D eigenvalue weighted by Crippen LogP contribution is -2.10. The molecule has 0 amide bonds. The number of anilines is 2. The maximum absolute atomic E-state index is 11.3. The van der Waals surface area contributed by atoms with Crippen molar-refractivity contribution < 1.29 is 9.90 Å². The Morgan fingerprint density at radius 1 is 1.30 bits per heavy atom. The summed E-state index contributed by atoms with van der Waals surface area (Å²) in [5.41, 5.74) is 1.21. The van der Waals surface area contributed by atoms with Crippen LogP contribution in [-0.2, 0) is 0 Å². The first-order valence-corrected chi connectivity index (χ1v) is 7.18. The van der Waals surface area contributed by atoms with Gasteiger partial charge in [0, 0.05) is 9.49 Å². The number of aromatic carboxylic acids is 1. The van der Waals surface area contributed by atoms with Crippen molar-refractivity contribution in [3.8, 4) is 0 Å². The van der Waals surface area contributed by atoms with E-state index in [-0.39, 0.29) is 11.6 Å².